The van der Waals surface area contributed by atoms with Gasteiger partial charge in [0.1, 0.15) is 17.0 Å². The van der Waals surface area contributed by atoms with E-state index in [-0.39, 0.29) is 10.4 Å². The van der Waals surface area contributed by atoms with Gasteiger partial charge in [-0.3, -0.25) is 0 Å². The van der Waals surface area contributed by atoms with Gasteiger partial charge in [0, 0.05) is 12.6 Å². The van der Waals surface area contributed by atoms with Crippen LogP contribution in [0.2, 0.25) is 10.4 Å². The third-order valence-corrected chi connectivity index (χ3v) is 3.10. The van der Waals surface area contributed by atoms with E-state index in [0.29, 0.717) is 18.8 Å². The van der Waals surface area contributed by atoms with Crippen molar-refractivity contribution in [2.75, 3.05) is 11.4 Å². The number of nitrogens with zero attached hydrogens (tertiary/aromatic N) is 3. The van der Waals surface area contributed by atoms with E-state index in [1.165, 1.54) is 6.07 Å². The maximum atomic E-state index is 11.2. The van der Waals surface area contributed by atoms with E-state index < -0.39 is 12.0 Å². The zero-order valence-corrected chi connectivity index (χ0v) is 10.4. The van der Waals surface area contributed by atoms with Gasteiger partial charge in [0.15, 0.2) is 0 Å². The summed E-state index contributed by atoms with van der Waals surface area (Å²) in [5.41, 5.74) is 0. The van der Waals surface area contributed by atoms with Crippen molar-refractivity contribution >= 4 is 35.0 Å². The van der Waals surface area contributed by atoms with E-state index in [1.807, 2.05) is 0 Å². The number of hydrogen-bond acceptors (Lipinski definition) is 4. The van der Waals surface area contributed by atoms with Crippen LogP contribution in [-0.2, 0) is 4.79 Å². The standard InChI is InChI=1S/C10H11Cl2N3O2/c11-7-5-8(14-10(12)13-7)15-4-2-1-3-6(15)9(16)17/h5-6H,1-4H2,(H,16,17)/t6-/m0/s1. The van der Waals surface area contributed by atoms with E-state index in [1.54, 1.807) is 4.90 Å². The molecule has 1 aliphatic rings. The van der Waals surface area contributed by atoms with E-state index in [2.05, 4.69) is 9.97 Å². The molecule has 0 saturated carbocycles. The van der Waals surface area contributed by atoms with Crippen molar-refractivity contribution in [2.45, 2.75) is 25.3 Å². The molecule has 17 heavy (non-hydrogen) atoms. The first-order valence-corrected chi connectivity index (χ1v) is 6.03. The Morgan fingerprint density at radius 2 is 2.18 bits per heavy atom. The molecule has 7 heteroatoms. The summed E-state index contributed by atoms with van der Waals surface area (Å²) in [5.74, 6) is -0.377. The molecule has 1 aromatic heterocycles. The SMILES string of the molecule is O=C(O)[C@@H]1CCCCN1c1cc(Cl)nc(Cl)n1. The monoisotopic (exact) mass is 275 g/mol. The summed E-state index contributed by atoms with van der Waals surface area (Å²) >= 11 is 11.5. The smallest absolute Gasteiger partial charge is 0.326 e. The van der Waals surface area contributed by atoms with Crippen molar-refractivity contribution in [1.82, 2.24) is 9.97 Å². The molecule has 0 radical (unpaired) electrons. The Hall–Kier alpha value is -1.07. The molecular weight excluding hydrogens is 265 g/mol. The minimum Gasteiger partial charge on any atom is -0.480 e. The maximum absolute atomic E-state index is 11.2. The number of anilines is 1. The molecule has 0 amide bonds. The largest absolute Gasteiger partial charge is 0.480 e. The zero-order valence-electron chi connectivity index (χ0n) is 8.94. The Labute approximate surface area is 108 Å². The first kappa shape index (κ1) is 12.4. The summed E-state index contributed by atoms with van der Waals surface area (Å²) < 4.78 is 0. The summed E-state index contributed by atoms with van der Waals surface area (Å²) in [5, 5.41) is 9.40. The summed E-state index contributed by atoms with van der Waals surface area (Å²) in [7, 11) is 0. The molecule has 1 saturated heterocycles. The fourth-order valence-corrected chi connectivity index (χ4v) is 2.39. The first-order valence-electron chi connectivity index (χ1n) is 5.27. The number of hydrogen-bond donors (Lipinski definition) is 1. The van der Waals surface area contributed by atoms with Crippen molar-refractivity contribution in [3.05, 3.63) is 16.5 Å². The van der Waals surface area contributed by atoms with Crippen LogP contribution in [0.4, 0.5) is 5.82 Å². The number of piperidine rings is 1. The number of rotatable bonds is 2. The second-order valence-corrected chi connectivity index (χ2v) is 4.59. The molecule has 2 heterocycles. The second-order valence-electron chi connectivity index (χ2n) is 3.86. The Morgan fingerprint density at radius 1 is 1.41 bits per heavy atom. The topological polar surface area (TPSA) is 66.3 Å². The Bertz CT molecular complexity index is 421. The van der Waals surface area contributed by atoms with Crippen molar-refractivity contribution in [1.29, 1.82) is 0 Å². The van der Waals surface area contributed by atoms with Crippen LogP contribution in [0.1, 0.15) is 19.3 Å². The van der Waals surface area contributed by atoms with Crippen LogP contribution in [0.15, 0.2) is 6.07 Å². The third kappa shape index (κ3) is 2.79. The van der Waals surface area contributed by atoms with E-state index >= 15 is 0 Å². The van der Waals surface area contributed by atoms with Crippen LogP contribution in [0.5, 0.6) is 0 Å². The molecule has 0 unspecified atom stereocenters. The highest BCUT2D eigenvalue weighted by atomic mass is 35.5. The predicted octanol–water partition coefficient (Wildman–Crippen LogP) is 2.23. The average molecular weight is 276 g/mol. The lowest BCUT2D eigenvalue weighted by atomic mass is 10.0. The highest BCUT2D eigenvalue weighted by molar-refractivity contribution is 6.32. The Balaban J connectivity index is 2.32. The van der Waals surface area contributed by atoms with Crippen LogP contribution in [0, 0.1) is 0 Å². The van der Waals surface area contributed by atoms with Crippen molar-refractivity contribution in [3.63, 3.8) is 0 Å². The summed E-state index contributed by atoms with van der Waals surface area (Å²) in [4.78, 5) is 20.6. The summed E-state index contributed by atoms with van der Waals surface area (Å²) in [6, 6.07) is 0.972. The molecule has 1 aromatic rings. The molecule has 2 rings (SSSR count). The molecule has 0 aliphatic carbocycles. The molecule has 5 nitrogen and oxygen atoms in total. The van der Waals surface area contributed by atoms with Gasteiger partial charge in [0.05, 0.1) is 0 Å². The quantitative estimate of drug-likeness (QED) is 0.662. The van der Waals surface area contributed by atoms with Gasteiger partial charge in [-0.1, -0.05) is 11.6 Å². The number of carboxylic acids is 1. The highest BCUT2D eigenvalue weighted by Gasteiger charge is 2.29. The number of aliphatic carboxylic acids is 1. The van der Waals surface area contributed by atoms with Crippen LogP contribution in [0.3, 0.4) is 0 Å². The van der Waals surface area contributed by atoms with Crippen LogP contribution >= 0.6 is 23.2 Å². The lowest BCUT2D eigenvalue weighted by Crippen LogP contribution is -2.45. The number of carboxylic acid groups (broad SMARTS) is 1. The van der Waals surface area contributed by atoms with Gasteiger partial charge in [-0.2, -0.15) is 0 Å². The van der Waals surface area contributed by atoms with Crippen molar-refractivity contribution in [2.24, 2.45) is 0 Å². The molecule has 1 atom stereocenters. The lowest BCUT2D eigenvalue weighted by Gasteiger charge is -2.33. The molecule has 0 spiro atoms. The number of aromatic nitrogens is 2. The van der Waals surface area contributed by atoms with Crippen LogP contribution in [-0.4, -0.2) is 33.6 Å². The number of carbonyl (C=O) groups is 1. The van der Waals surface area contributed by atoms with Gasteiger partial charge < -0.3 is 10.0 Å². The molecule has 0 aromatic carbocycles. The van der Waals surface area contributed by atoms with Gasteiger partial charge in [0.25, 0.3) is 0 Å². The van der Waals surface area contributed by atoms with Crippen LogP contribution < -0.4 is 4.90 Å². The molecule has 1 fully saturated rings. The lowest BCUT2D eigenvalue weighted by molar-refractivity contribution is -0.139. The Morgan fingerprint density at radius 3 is 2.82 bits per heavy atom. The van der Waals surface area contributed by atoms with Crippen LogP contribution in [0.25, 0.3) is 0 Å². The van der Waals surface area contributed by atoms with Crippen molar-refractivity contribution < 1.29 is 9.90 Å². The van der Waals surface area contributed by atoms with Crippen molar-refractivity contribution in [3.8, 4) is 0 Å². The minimum atomic E-state index is -0.851. The number of halogens is 2. The van der Waals surface area contributed by atoms with E-state index in [0.717, 1.165) is 12.8 Å². The summed E-state index contributed by atoms with van der Waals surface area (Å²) in [6.45, 7) is 0.640. The van der Waals surface area contributed by atoms with E-state index in [9.17, 15) is 4.79 Å². The Kier molecular flexibility index (Phi) is 3.69. The average Bonchev–Trinajstić information content (AvgIpc) is 2.27. The second kappa shape index (κ2) is 5.06. The van der Waals surface area contributed by atoms with Gasteiger partial charge >= 0.3 is 5.97 Å². The molecule has 0 bridgehead atoms. The summed E-state index contributed by atoms with van der Waals surface area (Å²) in [6.07, 6.45) is 2.44. The molecule has 1 aliphatic heterocycles. The molecular formula is C10H11Cl2N3O2. The predicted molar refractivity (Wildman–Crippen MR) is 64.7 cm³/mol. The molecule has 1 N–H and O–H groups in total. The normalized spacial score (nSPS) is 20.4. The zero-order chi connectivity index (χ0) is 12.4. The fourth-order valence-electron chi connectivity index (χ4n) is 1.99. The van der Waals surface area contributed by atoms with Gasteiger partial charge in [-0.15, -0.1) is 0 Å². The van der Waals surface area contributed by atoms with Gasteiger partial charge in [-0.05, 0) is 30.9 Å². The first-order chi connectivity index (χ1) is 8.08. The fraction of sp³-hybridized carbons (Fsp3) is 0.500. The highest BCUT2D eigenvalue weighted by Crippen LogP contribution is 2.25. The molecule has 92 valence electrons. The third-order valence-electron chi connectivity index (χ3n) is 2.74. The van der Waals surface area contributed by atoms with Gasteiger partial charge in [0.2, 0.25) is 5.28 Å². The maximum Gasteiger partial charge on any atom is 0.326 e. The van der Waals surface area contributed by atoms with Gasteiger partial charge in [-0.25, -0.2) is 14.8 Å². The minimum absolute atomic E-state index is 0.0298. The van der Waals surface area contributed by atoms with E-state index in [4.69, 9.17) is 28.3 Å².